The molecule has 7 heteroatoms. The summed E-state index contributed by atoms with van der Waals surface area (Å²) in [5, 5.41) is 12.8. The van der Waals surface area contributed by atoms with Crippen LogP contribution in [0.2, 0.25) is 0 Å². The van der Waals surface area contributed by atoms with E-state index in [1.165, 1.54) is 0 Å². The average Bonchev–Trinajstić information content (AvgIpc) is 3.32. The van der Waals surface area contributed by atoms with E-state index in [0.29, 0.717) is 41.8 Å². The number of benzene rings is 2. The lowest BCUT2D eigenvalue weighted by Crippen LogP contribution is -2.28. The van der Waals surface area contributed by atoms with Gasteiger partial charge in [-0.1, -0.05) is 30.3 Å². The number of aromatic nitrogens is 2. The second-order valence-electron chi connectivity index (χ2n) is 6.43. The number of hydrogen-bond acceptors (Lipinski definition) is 6. The summed E-state index contributed by atoms with van der Waals surface area (Å²) in [6, 6.07) is 18.6. The number of fused-ring (bicyclic) bond motifs is 1. The second-order valence-corrected chi connectivity index (χ2v) is 6.43. The monoisotopic (exact) mass is 403 g/mol. The van der Waals surface area contributed by atoms with Gasteiger partial charge >= 0.3 is 0 Å². The SMILES string of the molecule is CCOc1ccc2ccccc2c1C(=O)NCCOc1ccc(-c2ccco2)nn1. The third kappa shape index (κ3) is 4.25. The van der Waals surface area contributed by atoms with E-state index < -0.39 is 0 Å². The summed E-state index contributed by atoms with van der Waals surface area (Å²) in [7, 11) is 0. The van der Waals surface area contributed by atoms with E-state index in [1.807, 2.05) is 49.4 Å². The number of amides is 1. The first kappa shape index (κ1) is 19.4. The summed E-state index contributed by atoms with van der Waals surface area (Å²) in [6.45, 7) is 2.95. The molecule has 0 aliphatic rings. The Balaban J connectivity index is 1.38. The molecule has 4 aromatic rings. The third-order valence-electron chi connectivity index (χ3n) is 4.47. The van der Waals surface area contributed by atoms with Crippen molar-refractivity contribution in [1.82, 2.24) is 15.5 Å². The molecule has 30 heavy (non-hydrogen) atoms. The first-order valence-electron chi connectivity index (χ1n) is 9.69. The van der Waals surface area contributed by atoms with Crippen molar-refractivity contribution >= 4 is 16.7 Å². The van der Waals surface area contributed by atoms with Gasteiger partial charge in [0.15, 0.2) is 5.76 Å². The van der Waals surface area contributed by atoms with Crippen LogP contribution in [-0.2, 0) is 0 Å². The molecular formula is C23H21N3O4. The Morgan fingerprint density at radius 2 is 1.90 bits per heavy atom. The zero-order valence-corrected chi connectivity index (χ0v) is 16.5. The van der Waals surface area contributed by atoms with Gasteiger partial charge in [-0.2, -0.15) is 0 Å². The number of hydrogen-bond donors (Lipinski definition) is 1. The number of carbonyl (C=O) groups excluding carboxylic acids is 1. The summed E-state index contributed by atoms with van der Waals surface area (Å²) in [4.78, 5) is 12.9. The van der Waals surface area contributed by atoms with Crippen molar-refractivity contribution < 1.29 is 18.7 Å². The fourth-order valence-electron chi connectivity index (χ4n) is 3.12. The van der Waals surface area contributed by atoms with Gasteiger partial charge in [0.1, 0.15) is 18.1 Å². The normalized spacial score (nSPS) is 10.7. The molecule has 2 aromatic carbocycles. The van der Waals surface area contributed by atoms with Crippen molar-refractivity contribution in [1.29, 1.82) is 0 Å². The van der Waals surface area contributed by atoms with Crippen LogP contribution in [-0.4, -0.2) is 35.9 Å². The Kier molecular flexibility index (Phi) is 5.89. The van der Waals surface area contributed by atoms with Crippen molar-refractivity contribution in [2.24, 2.45) is 0 Å². The molecule has 0 saturated carbocycles. The van der Waals surface area contributed by atoms with Crippen molar-refractivity contribution in [3.63, 3.8) is 0 Å². The van der Waals surface area contributed by atoms with Crippen LogP contribution in [0.25, 0.3) is 22.2 Å². The highest BCUT2D eigenvalue weighted by Gasteiger charge is 2.16. The molecule has 0 aliphatic heterocycles. The first-order chi connectivity index (χ1) is 14.8. The van der Waals surface area contributed by atoms with Gasteiger partial charge in [0.05, 0.1) is 25.0 Å². The predicted octanol–water partition coefficient (Wildman–Crippen LogP) is 4.10. The van der Waals surface area contributed by atoms with E-state index in [2.05, 4.69) is 15.5 Å². The van der Waals surface area contributed by atoms with E-state index >= 15 is 0 Å². The average molecular weight is 403 g/mol. The van der Waals surface area contributed by atoms with Gasteiger partial charge in [-0.25, -0.2) is 0 Å². The fraction of sp³-hybridized carbons (Fsp3) is 0.174. The molecule has 0 aliphatic carbocycles. The van der Waals surface area contributed by atoms with Crippen LogP contribution in [0, 0.1) is 0 Å². The molecule has 0 unspecified atom stereocenters. The maximum absolute atomic E-state index is 12.9. The minimum atomic E-state index is -0.210. The van der Waals surface area contributed by atoms with Gasteiger partial charge in [0.25, 0.3) is 5.91 Å². The molecule has 1 amide bonds. The minimum Gasteiger partial charge on any atom is -0.493 e. The van der Waals surface area contributed by atoms with Crippen LogP contribution in [0.4, 0.5) is 0 Å². The van der Waals surface area contributed by atoms with Crippen LogP contribution < -0.4 is 14.8 Å². The van der Waals surface area contributed by atoms with E-state index in [4.69, 9.17) is 13.9 Å². The van der Waals surface area contributed by atoms with E-state index in [0.717, 1.165) is 10.8 Å². The Bertz CT molecular complexity index is 1130. The first-order valence-corrected chi connectivity index (χ1v) is 9.69. The molecule has 0 spiro atoms. The lowest BCUT2D eigenvalue weighted by molar-refractivity contribution is 0.0944. The topological polar surface area (TPSA) is 86.5 Å². The highest BCUT2D eigenvalue weighted by molar-refractivity contribution is 6.09. The van der Waals surface area contributed by atoms with Crippen LogP contribution >= 0.6 is 0 Å². The maximum Gasteiger partial charge on any atom is 0.255 e. The number of nitrogens with one attached hydrogen (secondary N) is 1. The molecule has 152 valence electrons. The maximum atomic E-state index is 12.9. The highest BCUT2D eigenvalue weighted by atomic mass is 16.5. The van der Waals surface area contributed by atoms with E-state index in [-0.39, 0.29) is 12.5 Å². The Morgan fingerprint density at radius 1 is 1.00 bits per heavy atom. The summed E-state index contributed by atoms with van der Waals surface area (Å²) < 4.78 is 16.5. The number of nitrogens with zero attached hydrogens (tertiary/aromatic N) is 2. The number of rotatable bonds is 8. The molecule has 0 saturated heterocycles. The number of furan rings is 1. The van der Waals surface area contributed by atoms with Crippen LogP contribution in [0.1, 0.15) is 17.3 Å². The van der Waals surface area contributed by atoms with Crippen molar-refractivity contribution in [3.8, 4) is 23.1 Å². The minimum absolute atomic E-state index is 0.210. The Labute approximate surface area is 173 Å². The lowest BCUT2D eigenvalue weighted by Gasteiger charge is -2.13. The van der Waals surface area contributed by atoms with Crippen LogP contribution in [0.3, 0.4) is 0 Å². The largest absolute Gasteiger partial charge is 0.493 e. The summed E-state index contributed by atoms with van der Waals surface area (Å²) in [6.07, 6.45) is 1.58. The zero-order chi connectivity index (χ0) is 20.8. The van der Waals surface area contributed by atoms with Gasteiger partial charge in [-0.15, -0.1) is 10.2 Å². The van der Waals surface area contributed by atoms with Gasteiger partial charge in [-0.05, 0) is 42.0 Å². The molecule has 2 heterocycles. The smallest absolute Gasteiger partial charge is 0.255 e. The zero-order valence-electron chi connectivity index (χ0n) is 16.5. The van der Waals surface area contributed by atoms with Crippen molar-refractivity contribution in [2.45, 2.75) is 6.92 Å². The molecule has 0 atom stereocenters. The number of ether oxygens (including phenoxy) is 2. The fourth-order valence-corrected chi connectivity index (χ4v) is 3.12. The molecule has 1 N–H and O–H groups in total. The van der Waals surface area contributed by atoms with Crippen LogP contribution in [0.5, 0.6) is 11.6 Å². The number of carbonyl (C=O) groups is 1. The highest BCUT2D eigenvalue weighted by Crippen LogP contribution is 2.28. The van der Waals surface area contributed by atoms with Crippen molar-refractivity contribution in [3.05, 3.63) is 72.5 Å². The van der Waals surface area contributed by atoms with Gasteiger partial charge in [0, 0.05) is 6.07 Å². The quantitative estimate of drug-likeness (QED) is 0.446. The van der Waals surface area contributed by atoms with Gasteiger partial charge in [-0.3, -0.25) is 4.79 Å². The Hall–Kier alpha value is -3.87. The predicted molar refractivity (Wildman–Crippen MR) is 113 cm³/mol. The molecule has 0 bridgehead atoms. The molecule has 0 fully saturated rings. The van der Waals surface area contributed by atoms with Crippen molar-refractivity contribution in [2.75, 3.05) is 19.8 Å². The summed E-state index contributed by atoms with van der Waals surface area (Å²) >= 11 is 0. The standard InChI is InChI=1S/C23H21N3O4/c1-2-28-20-11-9-16-6-3-4-7-17(16)22(20)23(27)24-13-15-30-21-12-10-18(25-26-21)19-8-5-14-29-19/h3-12,14H,2,13,15H2,1H3,(H,24,27). The molecule has 0 radical (unpaired) electrons. The molecule has 4 rings (SSSR count). The van der Waals surface area contributed by atoms with E-state index in [9.17, 15) is 4.79 Å². The summed E-state index contributed by atoms with van der Waals surface area (Å²) in [5.74, 6) is 1.37. The van der Waals surface area contributed by atoms with Gasteiger partial charge in [0.2, 0.25) is 5.88 Å². The van der Waals surface area contributed by atoms with E-state index in [1.54, 1.807) is 24.5 Å². The third-order valence-corrected chi connectivity index (χ3v) is 4.47. The second kappa shape index (κ2) is 9.09. The molecular weight excluding hydrogens is 382 g/mol. The van der Waals surface area contributed by atoms with Crippen LogP contribution in [0.15, 0.2) is 71.3 Å². The molecule has 7 nitrogen and oxygen atoms in total. The molecule has 2 aromatic heterocycles. The Morgan fingerprint density at radius 3 is 2.67 bits per heavy atom. The van der Waals surface area contributed by atoms with Gasteiger partial charge < -0.3 is 19.2 Å². The lowest BCUT2D eigenvalue weighted by atomic mass is 10.0. The summed E-state index contributed by atoms with van der Waals surface area (Å²) in [5.41, 5.74) is 1.15.